The molecule has 0 aromatic heterocycles. The van der Waals surface area contributed by atoms with E-state index < -0.39 is 0 Å². The van der Waals surface area contributed by atoms with Crippen LogP contribution in [0.4, 0.5) is 0 Å². The van der Waals surface area contributed by atoms with E-state index in [1.54, 1.807) is 36.4 Å². The molecule has 2 aromatic carbocycles. The van der Waals surface area contributed by atoms with E-state index >= 15 is 0 Å². The first-order valence-electron chi connectivity index (χ1n) is 5.87. The van der Waals surface area contributed by atoms with Crippen LogP contribution in [0.3, 0.4) is 0 Å². The zero-order chi connectivity index (χ0) is 14.7. The highest BCUT2D eigenvalue weighted by atomic mass is 35.5. The van der Waals surface area contributed by atoms with Crippen LogP contribution in [0.2, 0.25) is 20.1 Å². The van der Waals surface area contributed by atoms with E-state index in [4.69, 9.17) is 52.2 Å². The first kappa shape index (κ1) is 15.9. The standard InChI is InChI=1S/C14H12Cl4N2/c15-8-4-5-13(18)10(6-8)14(20-19)7-9-11(16)2-1-3-12(9)17/h1-6,14,20H,7,19H2. The lowest BCUT2D eigenvalue weighted by molar-refractivity contribution is 0.552. The van der Waals surface area contributed by atoms with Gasteiger partial charge in [-0.25, -0.2) is 0 Å². The molecule has 0 aliphatic carbocycles. The second kappa shape index (κ2) is 6.99. The predicted octanol–water partition coefficient (Wildman–Crippen LogP) is 5.05. The highest BCUT2D eigenvalue weighted by Crippen LogP contribution is 2.32. The molecule has 0 aliphatic heterocycles. The largest absolute Gasteiger partial charge is 0.271 e. The van der Waals surface area contributed by atoms with E-state index in [2.05, 4.69) is 5.43 Å². The molecular formula is C14H12Cl4N2. The van der Waals surface area contributed by atoms with Crippen LogP contribution in [0.25, 0.3) is 0 Å². The van der Waals surface area contributed by atoms with Crippen molar-refractivity contribution in [1.29, 1.82) is 0 Å². The van der Waals surface area contributed by atoms with Crippen molar-refractivity contribution in [2.24, 2.45) is 5.84 Å². The molecule has 2 rings (SSSR count). The number of hydrazine groups is 1. The molecule has 0 fully saturated rings. The van der Waals surface area contributed by atoms with Gasteiger partial charge >= 0.3 is 0 Å². The minimum Gasteiger partial charge on any atom is -0.271 e. The van der Waals surface area contributed by atoms with Gasteiger partial charge in [0.1, 0.15) is 0 Å². The Morgan fingerprint density at radius 1 is 0.950 bits per heavy atom. The summed E-state index contributed by atoms with van der Waals surface area (Å²) >= 11 is 24.6. The first-order chi connectivity index (χ1) is 9.52. The summed E-state index contributed by atoms with van der Waals surface area (Å²) in [6.45, 7) is 0. The Morgan fingerprint density at radius 2 is 1.60 bits per heavy atom. The molecule has 0 spiro atoms. The summed E-state index contributed by atoms with van der Waals surface area (Å²) in [6, 6.07) is 10.4. The molecule has 2 aromatic rings. The predicted molar refractivity (Wildman–Crippen MR) is 86.7 cm³/mol. The number of nitrogens with one attached hydrogen (secondary N) is 1. The Morgan fingerprint density at radius 3 is 2.20 bits per heavy atom. The number of hydrogen-bond acceptors (Lipinski definition) is 2. The van der Waals surface area contributed by atoms with Crippen molar-refractivity contribution in [2.45, 2.75) is 12.5 Å². The van der Waals surface area contributed by atoms with Crippen molar-refractivity contribution in [2.75, 3.05) is 0 Å². The smallest absolute Gasteiger partial charge is 0.0516 e. The molecule has 0 aliphatic rings. The summed E-state index contributed by atoms with van der Waals surface area (Å²) in [4.78, 5) is 0. The van der Waals surface area contributed by atoms with Gasteiger partial charge in [0, 0.05) is 20.1 Å². The molecule has 0 saturated heterocycles. The highest BCUT2D eigenvalue weighted by Gasteiger charge is 2.17. The van der Waals surface area contributed by atoms with Crippen LogP contribution in [-0.4, -0.2) is 0 Å². The monoisotopic (exact) mass is 348 g/mol. The van der Waals surface area contributed by atoms with Crippen molar-refractivity contribution in [3.8, 4) is 0 Å². The van der Waals surface area contributed by atoms with Crippen molar-refractivity contribution >= 4 is 46.4 Å². The average molecular weight is 350 g/mol. The second-order valence-corrected chi connectivity index (χ2v) is 5.95. The molecule has 0 saturated carbocycles. The van der Waals surface area contributed by atoms with Gasteiger partial charge in [-0.1, -0.05) is 52.5 Å². The summed E-state index contributed by atoms with van der Waals surface area (Å²) in [6.07, 6.45) is 0.509. The van der Waals surface area contributed by atoms with Crippen molar-refractivity contribution in [3.05, 3.63) is 67.6 Å². The Bertz CT molecular complexity index is 596. The molecule has 2 nitrogen and oxygen atoms in total. The van der Waals surface area contributed by atoms with Crippen LogP contribution in [0.1, 0.15) is 17.2 Å². The van der Waals surface area contributed by atoms with Gasteiger partial charge in [-0.3, -0.25) is 11.3 Å². The van der Waals surface area contributed by atoms with Gasteiger partial charge in [-0.05, 0) is 47.9 Å². The van der Waals surface area contributed by atoms with Gasteiger partial charge in [-0.15, -0.1) is 0 Å². The molecule has 6 heteroatoms. The number of halogens is 4. The quantitative estimate of drug-likeness (QED) is 0.598. The molecule has 20 heavy (non-hydrogen) atoms. The molecule has 1 unspecified atom stereocenters. The van der Waals surface area contributed by atoms with Crippen molar-refractivity contribution in [1.82, 2.24) is 5.43 Å². The fraction of sp³-hybridized carbons (Fsp3) is 0.143. The normalized spacial score (nSPS) is 12.4. The van der Waals surface area contributed by atoms with Gasteiger partial charge in [0.05, 0.1) is 6.04 Å². The van der Waals surface area contributed by atoms with Crippen LogP contribution in [0.5, 0.6) is 0 Å². The summed E-state index contributed by atoms with van der Waals surface area (Å²) < 4.78 is 0. The van der Waals surface area contributed by atoms with Crippen LogP contribution in [0.15, 0.2) is 36.4 Å². The molecule has 106 valence electrons. The number of rotatable bonds is 4. The van der Waals surface area contributed by atoms with Crippen LogP contribution in [0, 0.1) is 0 Å². The fourth-order valence-corrected chi connectivity index (χ4v) is 2.95. The zero-order valence-corrected chi connectivity index (χ0v) is 13.4. The van der Waals surface area contributed by atoms with Gasteiger partial charge < -0.3 is 0 Å². The van der Waals surface area contributed by atoms with E-state index in [0.717, 1.165) is 11.1 Å². The second-order valence-electron chi connectivity index (χ2n) is 4.29. The van der Waals surface area contributed by atoms with E-state index in [1.807, 2.05) is 0 Å². The summed E-state index contributed by atoms with van der Waals surface area (Å²) in [5.41, 5.74) is 4.35. The van der Waals surface area contributed by atoms with Gasteiger partial charge in [-0.2, -0.15) is 0 Å². The third-order valence-corrected chi connectivity index (χ3v) is 4.29. The van der Waals surface area contributed by atoms with Crippen molar-refractivity contribution < 1.29 is 0 Å². The third-order valence-electron chi connectivity index (χ3n) is 3.00. The lowest BCUT2D eigenvalue weighted by Gasteiger charge is -2.19. The van der Waals surface area contributed by atoms with Crippen molar-refractivity contribution in [3.63, 3.8) is 0 Å². The first-order valence-corrected chi connectivity index (χ1v) is 7.38. The number of hydrogen-bond donors (Lipinski definition) is 2. The van der Waals surface area contributed by atoms with E-state index in [0.29, 0.717) is 26.5 Å². The summed E-state index contributed by atoms with van der Waals surface area (Å²) in [5.74, 6) is 5.63. The third kappa shape index (κ3) is 3.59. The molecule has 0 bridgehead atoms. The Hall–Kier alpha value is -0.480. The Kier molecular flexibility index (Phi) is 5.56. The van der Waals surface area contributed by atoms with E-state index in [-0.39, 0.29) is 6.04 Å². The maximum absolute atomic E-state index is 6.20. The van der Waals surface area contributed by atoms with Crippen LogP contribution >= 0.6 is 46.4 Å². The molecule has 0 heterocycles. The molecular weight excluding hydrogens is 338 g/mol. The van der Waals surface area contributed by atoms with Gasteiger partial charge in [0.15, 0.2) is 0 Å². The maximum atomic E-state index is 6.20. The summed E-state index contributed by atoms with van der Waals surface area (Å²) in [5, 5.41) is 2.36. The average Bonchev–Trinajstić information content (AvgIpc) is 2.42. The topological polar surface area (TPSA) is 38.0 Å². The van der Waals surface area contributed by atoms with E-state index in [1.165, 1.54) is 0 Å². The Balaban J connectivity index is 2.36. The van der Waals surface area contributed by atoms with Gasteiger partial charge in [0.2, 0.25) is 0 Å². The molecule has 1 atom stereocenters. The molecule has 3 N–H and O–H groups in total. The Labute approximate surface area is 137 Å². The molecule has 0 radical (unpaired) electrons. The summed E-state index contributed by atoms with van der Waals surface area (Å²) in [7, 11) is 0. The SMILES string of the molecule is NNC(Cc1c(Cl)cccc1Cl)c1cc(Cl)ccc1Cl. The zero-order valence-electron chi connectivity index (χ0n) is 10.3. The number of benzene rings is 2. The van der Waals surface area contributed by atoms with E-state index in [9.17, 15) is 0 Å². The minimum atomic E-state index is -0.237. The maximum Gasteiger partial charge on any atom is 0.0516 e. The van der Waals surface area contributed by atoms with Crippen LogP contribution in [-0.2, 0) is 6.42 Å². The lowest BCUT2D eigenvalue weighted by atomic mass is 9.99. The number of nitrogens with two attached hydrogens (primary N) is 1. The highest BCUT2D eigenvalue weighted by molar-refractivity contribution is 6.36. The minimum absolute atomic E-state index is 0.237. The van der Waals surface area contributed by atoms with Crippen LogP contribution < -0.4 is 11.3 Å². The lowest BCUT2D eigenvalue weighted by Crippen LogP contribution is -2.30. The fourth-order valence-electron chi connectivity index (χ4n) is 1.97. The molecule has 0 amide bonds. The van der Waals surface area contributed by atoms with Gasteiger partial charge in [0.25, 0.3) is 0 Å².